The summed E-state index contributed by atoms with van der Waals surface area (Å²) < 4.78 is 21.9. The molecule has 5 heteroatoms. The number of rotatable bonds is 10. The van der Waals surface area contributed by atoms with Gasteiger partial charge in [-0.3, -0.25) is 4.79 Å². The molecule has 0 heterocycles. The summed E-state index contributed by atoms with van der Waals surface area (Å²) in [6, 6.07) is 14.1. The minimum atomic E-state index is -0.326. The number of hydrogen-bond donors (Lipinski definition) is 0. The first-order chi connectivity index (χ1) is 12.5. The van der Waals surface area contributed by atoms with Crippen molar-refractivity contribution in [3.05, 3.63) is 59.7 Å². The Morgan fingerprint density at radius 1 is 0.731 bits per heavy atom. The molecule has 0 saturated carbocycles. The van der Waals surface area contributed by atoms with E-state index in [1.54, 1.807) is 48.5 Å². The molecule has 26 heavy (non-hydrogen) atoms. The summed E-state index contributed by atoms with van der Waals surface area (Å²) in [5.74, 6) is 1.27. The lowest BCUT2D eigenvalue weighted by Crippen LogP contribution is -2.16. The van der Waals surface area contributed by atoms with E-state index < -0.39 is 0 Å². The van der Waals surface area contributed by atoms with E-state index in [1.165, 1.54) is 0 Å². The summed E-state index contributed by atoms with van der Waals surface area (Å²) in [4.78, 5) is 12.6. The lowest BCUT2D eigenvalue weighted by atomic mass is 10.0. The molecule has 2 aromatic carbocycles. The van der Waals surface area contributed by atoms with Crippen molar-refractivity contribution in [3.63, 3.8) is 0 Å². The van der Waals surface area contributed by atoms with Crippen molar-refractivity contribution in [1.29, 1.82) is 0 Å². The molecule has 2 unspecified atom stereocenters. The van der Waals surface area contributed by atoms with Gasteiger partial charge in [-0.25, -0.2) is 0 Å². The Morgan fingerprint density at radius 3 is 1.38 bits per heavy atom. The summed E-state index contributed by atoms with van der Waals surface area (Å²) in [5.41, 5.74) is 1.19. The van der Waals surface area contributed by atoms with E-state index in [0.29, 0.717) is 35.8 Å². The second kappa shape index (κ2) is 9.94. The minimum absolute atomic E-state index is 0.0567. The third-order valence-electron chi connectivity index (χ3n) is 3.64. The monoisotopic (exact) mass is 358 g/mol. The van der Waals surface area contributed by atoms with Gasteiger partial charge in [-0.1, -0.05) is 0 Å². The molecule has 2 atom stereocenters. The van der Waals surface area contributed by atoms with Crippen LogP contribution >= 0.6 is 0 Å². The van der Waals surface area contributed by atoms with Crippen LogP contribution < -0.4 is 9.47 Å². The van der Waals surface area contributed by atoms with Gasteiger partial charge in [0.1, 0.15) is 11.5 Å². The third kappa shape index (κ3) is 5.86. The Balaban J connectivity index is 1.99. The van der Waals surface area contributed by atoms with Crippen LogP contribution in [0.5, 0.6) is 11.5 Å². The SMILES string of the molecule is CCOC(C)Oc1ccc(C(=O)c2ccc(OC(C)OCC)cc2)cc1. The first-order valence-electron chi connectivity index (χ1n) is 8.84. The highest BCUT2D eigenvalue weighted by Crippen LogP contribution is 2.19. The summed E-state index contributed by atoms with van der Waals surface area (Å²) in [6.07, 6.45) is -0.652. The molecule has 0 saturated heterocycles. The molecule has 2 aromatic rings. The number of carbonyl (C=O) groups excluding carboxylic acids is 1. The van der Waals surface area contributed by atoms with Gasteiger partial charge >= 0.3 is 0 Å². The normalized spacial score (nSPS) is 13.1. The molecule has 0 fully saturated rings. The maximum atomic E-state index is 12.6. The van der Waals surface area contributed by atoms with E-state index in [-0.39, 0.29) is 18.4 Å². The molecule has 2 rings (SSSR count). The summed E-state index contributed by atoms with van der Waals surface area (Å²) in [5, 5.41) is 0. The van der Waals surface area contributed by atoms with Crippen LogP contribution in [-0.4, -0.2) is 31.6 Å². The van der Waals surface area contributed by atoms with Gasteiger partial charge in [0.05, 0.1) is 0 Å². The quantitative estimate of drug-likeness (QED) is 0.464. The van der Waals surface area contributed by atoms with Crippen molar-refractivity contribution >= 4 is 5.78 Å². The maximum absolute atomic E-state index is 12.6. The van der Waals surface area contributed by atoms with Gasteiger partial charge in [0, 0.05) is 24.3 Å². The molecule has 0 aliphatic rings. The molecular weight excluding hydrogens is 332 g/mol. The molecule has 0 aromatic heterocycles. The highest BCUT2D eigenvalue weighted by Gasteiger charge is 2.11. The molecule has 5 nitrogen and oxygen atoms in total. The average molecular weight is 358 g/mol. The molecule has 0 radical (unpaired) electrons. The van der Waals surface area contributed by atoms with Crippen molar-refractivity contribution in [1.82, 2.24) is 0 Å². The predicted molar refractivity (Wildman–Crippen MR) is 99.7 cm³/mol. The molecular formula is C21H26O5. The van der Waals surface area contributed by atoms with E-state index in [9.17, 15) is 4.79 Å². The summed E-state index contributed by atoms with van der Waals surface area (Å²) >= 11 is 0. The fourth-order valence-electron chi connectivity index (χ4n) is 2.46. The van der Waals surface area contributed by atoms with Gasteiger partial charge in [0.25, 0.3) is 0 Å². The first kappa shape index (κ1) is 19.9. The van der Waals surface area contributed by atoms with E-state index >= 15 is 0 Å². The first-order valence-corrected chi connectivity index (χ1v) is 8.84. The zero-order valence-corrected chi connectivity index (χ0v) is 15.7. The van der Waals surface area contributed by atoms with Crippen molar-refractivity contribution in [3.8, 4) is 11.5 Å². The Hall–Kier alpha value is -2.37. The maximum Gasteiger partial charge on any atom is 0.196 e. The van der Waals surface area contributed by atoms with Crippen LogP contribution in [0.25, 0.3) is 0 Å². The van der Waals surface area contributed by atoms with E-state index in [1.807, 2.05) is 27.7 Å². The third-order valence-corrected chi connectivity index (χ3v) is 3.64. The Morgan fingerprint density at radius 2 is 1.08 bits per heavy atom. The zero-order chi connectivity index (χ0) is 18.9. The number of ketones is 1. The van der Waals surface area contributed by atoms with Crippen LogP contribution in [0.15, 0.2) is 48.5 Å². The predicted octanol–water partition coefficient (Wildman–Crippen LogP) is 4.44. The standard InChI is InChI=1S/C21H26O5/c1-5-23-15(3)25-19-11-7-17(8-12-19)21(22)18-9-13-20(14-10-18)26-16(4)24-6-2/h7-16H,5-6H2,1-4H3. The Bertz CT molecular complexity index is 619. The second-order valence-corrected chi connectivity index (χ2v) is 5.66. The van der Waals surface area contributed by atoms with Gasteiger partial charge in [0.15, 0.2) is 18.4 Å². The smallest absolute Gasteiger partial charge is 0.196 e. The zero-order valence-electron chi connectivity index (χ0n) is 15.7. The highest BCUT2D eigenvalue weighted by atomic mass is 16.7. The molecule has 0 amide bonds. The summed E-state index contributed by atoms with van der Waals surface area (Å²) in [6.45, 7) is 8.66. The van der Waals surface area contributed by atoms with E-state index in [0.717, 1.165) is 0 Å². The molecule has 0 aliphatic heterocycles. The number of hydrogen-bond acceptors (Lipinski definition) is 5. The summed E-state index contributed by atoms with van der Waals surface area (Å²) in [7, 11) is 0. The van der Waals surface area contributed by atoms with Crippen molar-refractivity contribution in [2.24, 2.45) is 0 Å². The number of carbonyl (C=O) groups is 1. The van der Waals surface area contributed by atoms with Gasteiger partial charge in [-0.2, -0.15) is 0 Å². The molecule has 0 spiro atoms. The Kier molecular flexibility index (Phi) is 7.63. The van der Waals surface area contributed by atoms with Crippen LogP contribution in [0.4, 0.5) is 0 Å². The lowest BCUT2D eigenvalue weighted by Gasteiger charge is -2.15. The topological polar surface area (TPSA) is 54.0 Å². The number of benzene rings is 2. The van der Waals surface area contributed by atoms with Crippen molar-refractivity contribution < 1.29 is 23.7 Å². The minimum Gasteiger partial charge on any atom is -0.465 e. The van der Waals surface area contributed by atoms with Gasteiger partial charge in [0.2, 0.25) is 0 Å². The highest BCUT2D eigenvalue weighted by molar-refractivity contribution is 6.09. The molecule has 0 bridgehead atoms. The molecule has 140 valence electrons. The van der Waals surface area contributed by atoms with Crippen LogP contribution in [0.2, 0.25) is 0 Å². The largest absolute Gasteiger partial charge is 0.465 e. The number of ether oxygens (including phenoxy) is 4. The molecule has 0 N–H and O–H groups in total. The fraction of sp³-hybridized carbons (Fsp3) is 0.381. The van der Waals surface area contributed by atoms with Gasteiger partial charge in [-0.15, -0.1) is 0 Å². The average Bonchev–Trinajstić information content (AvgIpc) is 2.63. The van der Waals surface area contributed by atoms with Crippen molar-refractivity contribution in [2.45, 2.75) is 40.3 Å². The van der Waals surface area contributed by atoms with Gasteiger partial charge in [-0.05, 0) is 76.2 Å². The van der Waals surface area contributed by atoms with E-state index in [2.05, 4.69) is 0 Å². The van der Waals surface area contributed by atoms with Gasteiger partial charge < -0.3 is 18.9 Å². The van der Waals surface area contributed by atoms with Crippen molar-refractivity contribution in [2.75, 3.05) is 13.2 Å². The lowest BCUT2D eigenvalue weighted by molar-refractivity contribution is -0.0616. The Labute approximate surface area is 154 Å². The van der Waals surface area contributed by atoms with Crippen LogP contribution in [0.1, 0.15) is 43.6 Å². The van der Waals surface area contributed by atoms with Crippen LogP contribution in [-0.2, 0) is 9.47 Å². The van der Waals surface area contributed by atoms with E-state index in [4.69, 9.17) is 18.9 Å². The fourth-order valence-corrected chi connectivity index (χ4v) is 2.46. The van der Waals surface area contributed by atoms with Crippen LogP contribution in [0.3, 0.4) is 0 Å². The second-order valence-electron chi connectivity index (χ2n) is 5.66. The van der Waals surface area contributed by atoms with Crippen LogP contribution in [0, 0.1) is 0 Å². The molecule has 0 aliphatic carbocycles.